The molecule has 0 atom stereocenters. The molecule has 1 aromatic heterocycles. The molecule has 164 valence electrons. The maximum Gasteiger partial charge on any atom is 0.172 e. The third-order valence-electron chi connectivity index (χ3n) is 4.42. The lowest BCUT2D eigenvalue weighted by Gasteiger charge is -2.11. The van der Waals surface area contributed by atoms with Crippen molar-refractivity contribution in [2.75, 3.05) is 26.1 Å². The lowest BCUT2D eigenvalue weighted by molar-refractivity contribution is 0.354. The van der Waals surface area contributed by atoms with Gasteiger partial charge in [-0.1, -0.05) is 35.3 Å². The van der Waals surface area contributed by atoms with E-state index in [0.29, 0.717) is 45.6 Å². The Labute approximate surface area is 205 Å². The number of anilines is 1. The summed E-state index contributed by atoms with van der Waals surface area (Å²) in [5.41, 5.74) is 2.10. The molecule has 6 nitrogen and oxygen atoms in total. The van der Waals surface area contributed by atoms with Crippen molar-refractivity contribution < 1.29 is 9.47 Å². The van der Waals surface area contributed by atoms with Gasteiger partial charge in [-0.05, 0) is 70.0 Å². The Hall–Kier alpha value is -2.00. The lowest BCUT2D eigenvalue weighted by Crippen LogP contribution is -2.30. The number of methoxy groups -OCH3 is 2. The number of nitrogens with zero attached hydrogens (tertiary/aromatic N) is 2. The number of aromatic nitrogens is 2. The zero-order valence-electron chi connectivity index (χ0n) is 16.9. The van der Waals surface area contributed by atoms with Crippen LogP contribution >= 0.6 is 51.3 Å². The van der Waals surface area contributed by atoms with E-state index in [1.807, 2.05) is 36.5 Å². The Balaban J connectivity index is 1.53. The fourth-order valence-corrected chi connectivity index (χ4v) is 3.83. The highest BCUT2D eigenvalue weighted by Gasteiger charge is 2.10. The topological polar surface area (TPSA) is 60.3 Å². The molecule has 0 fully saturated rings. The van der Waals surface area contributed by atoms with E-state index in [0.717, 1.165) is 22.0 Å². The fourth-order valence-electron chi connectivity index (χ4n) is 2.90. The van der Waals surface area contributed by atoms with E-state index in [1.165, 1.54) is 0 Å². The van der Waals surface area contributed by atoms with Crippen LogP contribution in [0.25, 0.3) is 0 Å². The van der Waals surface area contributed by atoms with Crippen molar-refractivity contribution in [3.05, 3.63) is 68.2 Å². The van der Waals surface area contributed by atoms with Crippen molar-refractivity contribution in [3.63, 3.8) is 0 Å². The smallest absolute Gasteiger partial charge is 0.172 e. The van der Waals surface area contributed by atoms with E-state index in [2.05, 4.69) is 31.7 Å². The molecule has 3 aromatic rings. The van der Waals surface area contributed by atoms with E-state index in [9.17, 15) is 0 Å². The highest BCUT2D eigenvalue weighted by Crippen LogP contribution is 2.28. The van der Waals surface area contributed by atoms with Gasteiger partial charge in [-0.15, -0.1) is 0 Å². The third kappa shape index (κ3) is 6.49. The minimum atomic E-state index is 0.487. The quantitative estimate of drug-likeness (QED) is 0.363. The fraction of sp³-hybridized carbons (Fsp3) is 0.238. The van der Waals surface area contributed by atoms with Crippen LogP contribution in [-0.2, 0) is 13.0 Å². The Morgan fingerprint density at radius 3 is 2.52 bits per heavy atom. The number of hydrogen-bond donors (Lipinski definition) is 2. The molecule has 0 aliphatic carbocycles. The van der Waals surface area contributed by atoms with Crippen LogP contribution in [0.5, 0.6) is 11.5 Å². The van der Waals surface area contributed by atoms with Crippen molar-refractivity contribution >= 4 is 62.3 Å². The normalized spacial score (nSPS) is 10.6. The number of rotatable bonds is 8. The molecule has 0 spiro atoms. The predicted molar refractivity (Wildman–Crippen MR) is 133 cm³/mol. The second kappa shape index (κ2) is 11.0. The standard InChI is InChI=1S/C21H21BrCl2N4O2S/c1-29-18-6-4-13(10-19(18)30-2)7-8-25-21(31)26-20-15(22)12-28(27-20)11-14-3-5-16(23)17(24)9-14/h3-6,9-10,12H,7-8,11H2,1-2H3,(H2,25,26,27,31). The number of nitrogens with one attached hydrogen (secondary N) is 2. The van der Waals surface area contributed by atoms with Crippen LogP contribution in [0.1, 0.15) is 11.1 Å². The molecule has 10 heteroatoms. The number of thiocarbonyl (C=S) groups is 1. The highest BCUT2D eigenvalue weighted by molar-refractivity contribution is 9.10. The highest BCUT2D eigenvalue weighted by atomic mass is 79.9. The molecule has 0 aliphatic rings. The van der Waals surface area contributed by atoms with Crippen LogP contribution in [0, 0.1) is 0 Å². The van der Waals surface area contributed by atoms with E-state index in [-0.39, 0.29) is 0 Å². The Kier molecular flexibility index (Phi) is 8.43. The van der Waals surface area contributed by atoms with E-state index >= 15 is 0 Å². The first-order valence-corrected chi connectivity index (χ1v) is 11.3. The van der Waals surface area contributed by atoms with Crippen LogP contribution < -0.4 is 20.1 Å². The first-order chi connectivity index (χ1) is 14.9. The lowest BCUT2D eigenvalue weighted by atomic mass is 10.1. The van der Waals surface area contributed by atoms with Crippen LogP contribution in [0.4, 0.5) is 5.82 Å². The minimum Gasteiger partial charge on any atom is -0.493 e. The molecule has 0 bridgehead atoms. The summed E-state index contributed by atoms with van der Waals surface area (Å²) >= 11 is 21.0. The maximum atomic E-state index is 6.09. The summed E-state index contributed by atoms with van der Waals surface area (Å²) in [6.07, 6.45) is 2.65. The number of hydrogen-bond acceptors (Lipinski definition) is 4. The molecule has 3 rings (SSSR count). The zero-order valence-corrected chi connectivity index (χ0v) is 20.8. The van der Waals surface area contributed by atoms with Crippen LogP contribution in [-0.4, -0.2) is 35.7 Å². The SMILES string of the molecule is COc1ccc(CCNC(=S)Nc2nn(Cc3ccc(Cl)c(Cl)c3)cc2Br)cc1OC. The van der Waals surface area contributed by atoms with Crippen molar-refractivity contribution in [2.45, 2.75) is 13.0 Å². The van der Waals surface area contributed by atoms with Gasteiger partial charge in [0.05, 0.1) is 35.3 Å². The van der Waals surface area contributed by atoms with Gasteiger partial charge in [-0.25, -0.2) is 0 Å². The van der Waals surface area contributed by atoms with Crippen LogP contribution in [0.3, 0.4) is 0 Å². The molecule has 0 radical (unpaired) electrons. The molecule has 0 unspecified atom stereocenters. The van der Waals surface area contributed by atoms with Gasteiger partial charge < -0.3 is 20.1 Å². The summed E-state index contributed by atoms with van der Waals surface area (Å²) in [6.45, 7) is 1.21. The molecule has 0 aliphatic heterocycles. The molecule has 2 aromatic carbocycles. The van der Waals surface area contributed by atoms with Crippen molar-refractivity contribution in [2.24, 2.45) is 0 Å². The van der Waals surface area contributed by atoms with Gasteiger partial charge >= 0.3 is 0 Å². The second-order valence-corrected chi connectivity index (χ2v) is 8.67. The van der Waals surface area contributed by atoms with E-state index in [1.54, 1.807) is 25.0 Å². The average Bonchev–Trinajstić information content (AvgIpc) is 3.09. The molecular weight excluding hydrogens is 523 g/mol. The molecule has 1 heterocycles. The van der Waals surface area contributed by atoms with Gasteiger partial charge in [0, 0.05) is 12.7 Å². The molecule has 0 amide bonds. The first-order valence-electron chi connectivity index (χ1n) is 9.32. The number of ether oxygens (including phenoxy) is 2. The zero-order chi connectivity index (χ0) is 22.4. The van der Waals surface area contributed by atoms with Crippen molar-refractivity contribution in [3.8, 4) is 11.5 Å². The third-order valence-corrected chi connectivity index (χ3v) is 5.99. The molecule has 31 heavy (non-hydrogen) atoms. The van der Waals surface area contributed by atoms with Gasteiger partial charge in [0.1, 0.15) is 0 Å². The van der Waals surface area contributed by atoms with Crippen molar-refractivity contribution in [1.82, 2.24) is 15.1 Å². The monoisotopic (exact) mass is 542 g/mol. The van der Waals surface area contributed by atoms with Crippen LogP contribution in [0.15, 0.2) is 47.1 Å². The summed E-state index contributed by atoms with van der Waals surface area (Å²) < 4.78 is 13.2. The first kappa shape index (κ1) is 23.7. The Morgan fingerprint density at radius 1 is 1.06 bits per heavy atom. The largest absolute Gasteiger partial charge is 0.493 e. The molecular formula is C21H21BrCl2N4O2S. The maximum absolute atomic E-state index is 6.09. The molecule has 0 saturated carbocycles. The number of benzene rings is 2. The summed E-state index contributed by atoms with van der Waals surface area (Å²) in [6, 6.07) is 11.4. The summed E-state index contributed by atoms with van der Waals surface area (Å²) in [4.78, 5) is 0. The number of halogens is 3. The molecule has 0 saturated heterocycles. The minimum absolute atomic E-state index is 0.487. The van der Waals surface area contributed by atoms with Gasteiger partial charge in [0.2, 0.25) is 0 Å². The summed E-state index contributed by atoms with van der Waals surface area (Å²) in [5, 5.41) is 12.4. The Morgan fingerprint density at radius 2 is 1.81 bits per heavy atom. The Bertz CT molecular complexity index is 1080. The van der Waals surface area contributed by atoms with Gasteiger partial charge in [-0.3, -0.25) is 4.68 Å². The van der Waals surface area contributed by atoms with E-state index in [4.69, 9.17) is 44.9 Å². The van der Waals surface area contributed by atoms with E-state index < -0.39 is 0 Å². The average molecular weight is 544 g/mol. The van der Waals surface area contributed by atoms with Gasteiger partial charge in [0.25, 0.3) is 0 Å². The van der Waals surface area contributed by atoms with Gasteiger partial charge in [-0.2, -0.15) is 5.10 Å². The molecule has 2 N–H and O–H groups in total. The second-order valence-electron chi connectivity index (χ2n) is 6.59. The predicted octanol–water partition coefficient (Wildman–Crippen LogP) is 5.55. The summed E-state index contributed by atoms with van der Waals surface area (Å²) in [5.74, 6) is 2.04. The van der Waals surface area contributed by atoms with Crippen molar-refractivity contribution in [1.29, 1.82) is 0 Å². The van der Waals surface area contributed by atoms with Gasteiger partial charge in [0.15, 0.2) is 22.4 Å². The van der Waals surface area contributed by atoms with Crippen LogP contribution in [0.2, 0.25) is 10.0 Å². The summed E-state index contributed by atoms with van der Waals surface area (Å²) in [7, 11) is 3.24.